The molecule has 0 aromatic heterocycles. The van der Waals surface area contributed by atoms with Gasteiger partial charge in [-0.05, 0) is 48.9 Å². The molecule has 1 aliphatic rings. The summed E-state index contributed by atoms with van der Waals surface area (Å²) >= 11 is 3.78. The molecule has 0 N–H and O–H groups in total. The van der Waals surface area contributed by atoms with Gasteiger partial charge in [-0.1, -0.05) is 50.2 Å². The van der Waals surface area contributed by atoms with Gasteiger partial charge >= 0.3 is 0 Å². The number of benzene rings is 2. The molecular formula is C22H26OS2. The molecule has 0 saturated heterocycles. The largest absolute Gasteiger partial charge is 0.299 e. The van der Waals surface area contributed by atoms with Crippen molar-refractivity contribution >= 4 is 29.3 Å². The van der Waals surface area contributed by atoms with Crippen molar-refractivity contribution in [1.29, 1.82) is 0 Å². The lowest BCUT2D eigenvalue weighted by molar-refractivity contribution is -0.129. The van der Waals surface area contributed by atoms with Crippen molar-refractivity contribution in [2.45, 2.75) is 53.9 Å². The standard InChI is InChI=1S/C22H26OS2/c1-22(2)15-9-14-20(23)19(22)16-21(24-17-10-5-3-6-11-17)25-18-12-7-4-8-13-18/h3-8,10-13,19,21H,9,14-16H2,1-2H3/t19-/m1/s1. The molecule has 1 nitrogen and oxygen atoms in total. The summed E-state index contributed by atoms with van der Waals surface area (Å²) in [7, 11) is 0. The molecule has 0 heterocycles. The number of Topliss-reactive ketones (excluding diaryl/α,β-unsaturated/α-hetero) is 1. The molecule has 0 bridgehead atoms. The van der Waals surface area contributed by atoms with Crippen molar-refractivity contribution in [1.82, 2.24) is 0 Å². The Morgan fingerprint density at radius 3 is 1.96 bits per heavy atom. The second-order valence-electron chi connectivity index (χ2n) is 7.39. The third-order valence-electron chi connectivity index (χ3n) is 5.03. The first-order valence-electron chi connectivity index (χ1n) is 9.01. The second-order valence-corrected chi connectivity index (χ2v) is 10.2. The molecule has 0 aliphatic heterocycles. The van der Waals surface area contributed by atoms with Crippen LogP contribution in [0.15, 0.2) is 70.5 Å². The Morgan fingerprint density at radius 1 is 0.960 bits per heavy atom. The van der Waals surface area contributed by atoms with Crippen LogP contribution in [0.4, 0.5) is 0 Å². The van der Waals surface area contributed by atoms with Crippen molar-refractivity contribution in [3.63, 3.8) is 0 Å². The Bertz CT molecular complexity index is 640. The molecule has 1 atom stereocenters. The van der Waals surface area contributed by atoms with Gasteiger partial charge in [0.15, 0.2) is 0 Å². The number of carbonyl (C=O) groups is 1. The third-order valence-corrected chi connectivity index (χ3v) is 7.60. The van der Waals surface area contributed by atoms with Crippen molar-refractivity contribution in [3.05, 3.63) is 60.7 Å². The lowest BCUT2D eigenvalue weighted by atomic mass is 9.67. The number of hydrogen-bond acceptors (Lipinski definition) is 3. The van der Waals surface area contributed by atoms with Crippen LogP contribution in [0, 0.1) is 11.3 Å². The van der Waals surface area contributed by atoms with Gasteiger partial charge in [0.2, 0.25) is 0 Å². The van der Waals surface area contributed by atoms with Gasteiger partial charge in [0.25, 0.3) is 0 Å². The zero-order valence-electron chi connectivity index (χ0n) is 15.0. The molecule has 0 radical (unpaired) electrons. The number of carbonyl (C=O) groups excluding carboxylic acids is 1. The summed E-state index contributed by atoms with van der Waals surface area (Å²) in [6.07, 6.45) is 3.89. The van der Waals surface area contributed by atoms with E-state index in [9.17, 15) is 4.79 Å². The lowest BCUT2D eigenvalue weighted by Gasteiger charge is -2.39. The van der Waals surface area contributed by atoms with Gasteiger partial charge in [-0.2, -0.15) is 0 Å². The fraction of sp³-hybridized carbons (Fsp3) is 0.409. The van der Waals surface area contributed by atoms with E-state index in [4.69, 9.17) is 0 Å². The lowest BCUT2D eigenvalue weighted by Crippen LogP contribution is -2.36. The highest BCUT2D eigenvalue weighted by molar-refractivity contribution is 8.17. The Morgan fingerprint density at radius 2 is 1.48 bits per heavy atom. The molecule has 25 heavy (non-hydrogen) atoms. The highest BCUT2D eigenvalue weighted by Crippen LogP contribution is 2.46. The van der Waals surface area contributed by atoms with Crippen LogP contribution in [-0.4, -0.2) is 10.4 Å². The van der Waals surface area contributed by atoms with Gasteiger partial charge < -0.3 is 0 Å². The van der Waals surface area contributed by atoms with E-state index >= 15 is 0 Å². The van der Waals surface area contributed by atoms with E-state index in [1.165, 1.54) is 9.79 Å². The summed E-state index contributed by atoms with van der Waals surface area (Å²) in [6, 6.07) is 21.1. The Labute approximate surface area is 160 Å². The minimum absolute atomic E-state index is 0.113. The van der Waals surface area contributed by atoms with E-state index in [1.54, 1.807) is 0 Å². The summed E-state index contributed by atoms with van der Waals surface area (Å²) in [5.41, 5.74) is 0.113. The molecule has 1 saturated carbocycles. The maximum atomic E-state index is 12.6. The van der Waals surface area contributed by atoms with Crippen molar-refractivity contribution in [2.75, 3.05) is 0 Å². The highest BCUT2D eigenvalue weighted by Gasteiger charge is 2.39. The van der Waals surface area contributed by atoms with Crippen LogP contribution in [0.5, 0.6) is 0 Å². The van der Waals surface area contributed by atoms with Gasteiger partial charge in [-0.25, -0.2) is 0 Å². The molecular weight excluding hydrogens is 344 g/mol. The van der Waals surface area contributed by atoms with Crippen LogP contribution in [0.25, 0.3) is 0 Å². The molecule has 1 fully saturated rings. The van der Waals surface area contributed by atoms with Crippen LogP contribution in [0.3, 0.4) is 0 Å². The predicted octanol–water partition coefficient (Wildman–Crippen LogP) is 6.68. The van der Waals surface area contributed by atoms with Crippen LogP contribution in [0.1, 0.15) is 39.5 Å². The molecule has 0 spiro atoms. The summed E-state index contributed by atoms with van der Waals surface area (Å²) in [5.74, 6) is 0.627. The Balaban J connectivity index is 1.78. The molecule has 2 aromatic rings. The van der Waals surface area contributed by atoms with Crippen LogP contribution in [-0.2, 0) is 4.79 Å². The fourth-order valence-corrected chi connectivity index (χ4v) is 6.24. The van der Waals surface area contributed by atoms with E-state index in [2.05, 4.69) is 74.5 Å². The van der Waals surface area contributed by atoms with Gasteiger partial charge in [-0.15, -0.1) is 23.5 Å². The van der Waals surface area contributed by atoms with Crippen LogP contribution >= 0.6 is 23.5 Å². The van der Waals surface area contributed by atoms with E-state index in [0.717, 1.165) is 25.7 Å². The predicted molar refractivity (Wildman–Crippen MR) is 109 cm³/mol. The molecule has 2 aromatic carbocycles. The highest BCUT2D eigenvalue weighted by atomic mass is 32.2. The zero-order chi connectivity index (χ0) is 17.7. The minimum Gasteiger partial charge on any atom is -0.299 e. The maximum absolute atomic E-state index is 12.6. The first kappa shape index (κ1) is 18.6. The fourth-order valence-electron chi connectivity index (χ4n) is 3.57. The quantitative estimate of drug-likeness (QED) is 0.417. The molecule has 0 amide bonds. The number of thioether (sulfide) groups is 2. The molecule has 3 heteroatoms. The van der Waals surface area contributed by atoms with Gasteiger partial charge in [0.1, 0.15) is 5.78 Å². The maximum Gasteiger partial charge on any atom is 0.136 e. The summed E-state index contributed by atoms with van der Waals surface area (Å²) in [4.78, 5) is 15.2. The number of hydrogen-bond donors (Lipinski definition) is 0. The molecule has 0 unspecified atom stereocenters. The second kappa shape index (κ2) is 8.46. The minimum atomic E-state index is 0.113. The molecule has 132 valence electrons. The Kier molecular flexibility index (Phi) is 6.29. The first-order valence-corrected chi connectivity index (χ1v) is 10.8. The first-order chi connectivity index (χ1) is 12.0. The number of rotatable bonds is 6. The van der Waals surface area contributed by atoms with Gasteiger partial charge in [0.05, 0.1) is 4.58 Å². The van der Waals surface area contributed by atoms with Crippen molar-refractivity contribution < 1.29 is 4.79 Å². The smallest absolute Gasteiger partial charge is 0.136 e. The molecule has 3 rings (SSSR count). The van der Waals surface area contributed by atoms with Crippen LogP contribution < -0.4 is 0 Å². The van der Waals surface area contributed by atoms with E-state index in [-0.39, 0.29) is 11.3 Å². The summed E-state index contributed by atoms with van der Waals surface area (Å²) in [6.45, 7) is 4.54. The van der Waals surface area contributed by atoms with E-state index in [1.807, 2.05) is 23.5 Å². The zero-order valence-corrected chi connectivity index (χ0v) is 16.6. The van der Waals surface area contributed by atoms with Crippen molar-refractivity contribution in [3.8, 4) is 0 Å². The van der Waals surface area contributed by atoms with Gasteiger partial charge in [-0.3, -0.25) is 4.79 Å². The topological polar surface area (TPSA) is 17.1 Å². The van der Waals surface area contributed by atoms with Crippen molar-refractivity contribution in [2.24, 2.45) is 11.3 Å². The SMILES string of the molecule is CC1(C)CCCC(=O)[C@H]1CC(Sc1ccccc1)Sc1ccccc1. The molecule has 1 aliphatic carbocycles. The normalized spacial score (nSPS) is 20.0. The Hall–Kier alpha value is -1.19. The van der Waals surface area contributed by atoms with E-state index < -0.39 is 0 Å². The van der Waals surface area contributed by atoms with Gasteiger partial charge in [0, 0.05) is 22.1 Å². The third kappa shape index (κ3) is 5.15. The average molecular weight is 371 g/mol. The summed E-state index contributed by atoms with van der Waals surface area (Å²) in [5, 5.41) is 0. The average Bonchev–Trinajstić information content (AvgIpc) is 2.60. The number of ketones is 1. The van der Waals surface area contributed by atoms with Crippen LogP contribution in [0.2, 0.25) is 0 Å². The van der Waals surface area contributed by atoms with E-state index in [0.29, 0.717) is 10.4 Å². The monoisotopic (exact) mass is 370 g/mol. The summed E-state index contributed by atoms with van der Waals surface area (Å²) < 4.78 is 0.344.